The highest BCUT2D eigenvalue weighted by Crippen LogP contribution is 2.12. The van der Waals surface area contributed by atoms with E-state index < -0.39 is 0 Å². The third-order valence-electron chi connectivity index (χ3n) is 4.31. The normalized spacial score (nSPS) is 10.3. The maximum Gasteiger partial charge on any atom is 0.253 e. The van der Waals surface area contributed by atoms with Crippen LogP contribution in [0.3, 0.4) is 0 Å². The molecule has 3 aromatic rings. The van der Waals surface area contributed by atoms with Crippen molar-refractivity contribution < 1.29 is 9.59 Å². The smallest absolute Gasteiger partial charge is 0.253 e. The van der Waals surface area contributed by atoms with E-state index in [0.717, 1.165) is 16.8 Å². The molecule has 142 valence electrons. The fraction of sp³-hybridized carbons (Fsp3) is 0.174. The fourth-order valence-corrected chi connectivity index (χ4v) is 2.89. The van der Waals surface area contributed by atoms with Crippen LogP contribution in [-0.2, 0) is 17.8 Å². The van der Waals surface area contributed by atoms with Gasteiger partial charge in [0.15, 0.2) is 0 Å². The fourth-order valence-electron chi connectivity index (χ4n) is 2.89. The lowest BCUT2D eigenvalue weighted by Crippen LogP contribution is -2.23. The van der Waals surface area contributed by atoms with Crippen LogP contribution in [0.25, 0.3) is 0 Å². The molecule has 0 saturated carbocycles. The molecular formula is C23H23N3O2. The molecule has 0 atom stereocenters. The van der Waals surface area contributed by atoms with E-state index in [1.54, 1.807) is 18.3 Å². The molecule has 0 unspecified atom stereocenters. The summed E-state index contributed by atoms with van der Waals surface area (Å²) < 4.78 is 0. The molecule has 2 amide bonds. The van der Waals surface area contributed by atoms with E-state index in [0.29, 0.717) is 24.9 Å². The average molecular weight is 373 g/mol. The van der Waals surface area contributed by atoms with Gasteiger partial charge in [0.05, 0.1) is 5.56 Å². The molecule has 1 aromatic heterocycles. The van der Waals surface area contributed by atoms with Gasteiger partial charge in [0.1, 0.15) is 0 Å². The van der Waals surface area contributed by atoms with Crippen molar-refractivity contribution in [1.29, 1.82) is 0 Å². The van der Waals surface area contributed by atoms with Gasteiger partial charge in [0.25, 0.3) is 5.91 Å². The van der Waals surface area contributed by atoms with Crippen LogP contribution in [0.2, 0.25) is 0 Å². The van der Waals surface area contributed by atoms with Gasteiger partial charge in [-0.3, -0.25) is 14.6 Å². The number of amides is 2. The topological polar surface area (TPSA) is 71.1 Å². The second-order valence-corrected chi connectivity index (χ2v) is 6.66. The molecule has 2 aromatic carbocycles. The summed E-state index contributed by atoms with van der Waals surface area (Å²) in [7, 11) is 0. The monoisotopic (exact) mass is 373 g/mol. The van der Waals surface area contributed by atoms with E-state index >= 15 is 0 Å². The molecule has 0 spiro atoms. The predicted octanol–water partition coefficient (Wildman–Crippen LogP) is 3.89. The molecule has 2 N–H and O–H groups in total. The molecule has 0 bridgehead atoms. The second-order valence-electron chi connectivity index (χ2n) is 6.66. The van der Waals surface area contributed by atoms with Crippen LogP contribution >= 0.6 is 0 Å². The Morgan fingerprint density at radius 2 is 1.79 bits per heavy atom. The quantitative estimate of drug-likeness (QED) is 0.660. The van der Waals surface area contributed by atoms with Gasteiger partial charge >= 0.3 is 0 Å². The number of pyridine rings is 1. The molecule has 0 aliphatic carbocycles. The zero-order chi connectivity index (χ0) is 19.8. The maximum atomic E-state index is 12.2. The lowest BCUT2D eigenvalue weighted by Gasteiger charge is -2.09. The Labute approximate surface area is 164 Å². The number of benzene rings is 2. The van der Waals surface area contributed by atoms with E-state index in [-0.39, 0.29) is 11.8 Å². The molecule has 28 heavy (non-hydrogen) atoms. The summed E-state index contributed by atoms with van der Waals surface area (Å²) >= 11 is 0. The van der Waals surface area contributed by atoms with Crippen molar-refractivity contribution in [3.8, 4) is 0 Å². The average Bonchev–Trinajstić information content (AvgIpc) is 2.71. The minimum atomic E-state index is -0.180. The first-order valence-electron chi connectivity index (χ1n) is 9.23. The van der Waals surface area contributed by atoms with Gasteiger partial charge in [-0.2, -0.15) is 0 Å². The number of hydrogen-bond acceptors (Lipinski definition) is 3. The Kier molecular flexibility index (Phi) is 6.52. The summed E-state index contributed by atoms with van der Waals surface area (Å²) in [5.41, 5.74) is 4.50. The zero-order valence-electron chi connectivity index (χ0n) is 15.8. The summed E-state index contributed by atoms with van der Waals surface area (Å²) in [4.78, 5) is 28.3. The number of nitrogens with zero attached hydrogens (tertiary/aromatic N) is 1. The van der Waals surface area contributed by atoms with E-state index in [1.165, 1.54) is 11.8 Å². The third kappa shape index (κ3) is 5.77. The summed E-state index contributed by atoms with van der Waals surface area (Å²) in [6.45, 7) is 2.42. The summed E-state index contributed by atoms with van der Waals surface area (Å²) in [6, 6.07) is 19.1. The lowest BCUT2D eigenvalue weighted by molar-refractivity contribution is -0.116. The number of carbonyl (C=O) groups is 2. The van der Waals surface area contributed by atoms with Gasteiger partial charge < -0.3 is 10.6 Å². The molecule has 0 fully saturated rings. The molecule has 5 nitrogen and oxygen atoms in total. The van der Waals surface area contributed by atoms with Gasteiger partial charge in [-0.25, -0.2) is 0 Å². The third-order valence-corrected chi connectivity index (χ3v) is 4.31. The van der Waals surface area contributed by atoms with Crippen molar-refractivity contribution in [3.05, 3.63) is 95.3 Å². The molecule has 0 aliphatic heterocycles. The number of aryl methyl sites for hydroxylation is 2. The highest BCUT2D eigenvalue weighted by atomic mass is 16.2. The zero-order valence-corrected chi connectivity index (χ0v) is 15.8. The van der Waals surface area contributed by atoms with E-state index in [2.05, 4.69) is 21.7 Å². The molecular weight excluding hydrogens is 350 g/mol. The number of nitrogens with one attached hydrogen (secondary N) is 2. The van der Waals surface area contributed by atoms with Crippen LogP contribution in [0.15, 0.2) is 73.1 Å². The molecule has 0 aliphatic rings. The Balaban J connectivity index is 1.51. The highest BCUT2D eigenvalue weighted by Gasteiger charge is 2.07. The van der Waals surface area contributed by atoms with Crippen LogP contribution in [0.4, 0.5) is 5.69 Å². The first-order chi connectivity index (χ1) is 13.6. The summed E-state index contributed by atoms with van der Waals surface area (Å²) in [5.74, 6) is -0.209. The summed E-state index contributed by atoms with van der Waals surface area (Å²) in [5, 5.41) is 5.78. The van der Waals surface area contributed by atoms with Crippen molar-refractivity contribution >= 4 is 17.5 Å². The number of rotatable bonds is 7. The molecule has 0 radical (unpaired) electrons. The predicted molar refractivity (Wildman–Crippen MR) is 110 cm³/mol. The minimum absolute atomic E-state index is 0.0296. The molecule has 3 rings (SSSR count). The number of anilines is 1. The Hall–Kier alpha value is -3.47. The Morgan fingerprint density at radius 1 is 0.964 bits per heavy atom. The van der Waals surface area contributed by atoms with Crippen molar-refractivity contribution in [1.82, 2.24) is 10.3 Å². The summed E-state index contributed by atoms with van der Waals surface area (Å²) in [6.07, 6.45) is 4.28. The van der Waals surface area contributed by atoms with E-state index in [9.17, 15) is 9.59 Å². The van der Waals surface area contributed by atoms with Crippen LogP contribution in [0, 0.1) is 6.92 Å². The van der Waals surface area contributed by atoms with Crippen molar-refractivity contribution in [2.75, 3.05) is 5.32 Å². The van der Waals surface area contributed by atoms with Crippen LogP contribution in [0.1, 0.15) is 33.5 Å². The van der Waals surface area contributed by atoms with Gasteiger partial charge in [0, 0.05) is 31.0 Å². The van der Waals surface area contributed by atoms with Gasteiger partial charge in [0.2, 0.25) is 5.91 Å². The van der Waals surface area contributed by atoms with Crippen LogP contribution < -0.4 is 10.6 Å². The van der Waals surface area contributed by atoms with Gasteiger partial charge in [-0.05, 0) is 48.7 Å². The first-order valence-corrected chi connectivity index (χ1v) is 9.23. The number of carbonyl (C=O) groups excluding carboxylic acids is 2. The largest absolute Gasteiger partial charge is 0.348 e. The van der Waals surface area contributed by atoms with Gasteiger partial charge in [-0.1, -0.05) is 42.0 Å². The molecule has 0 saturated heterocycles. The number of hydrogen-bond donors (Lipinski definition) is 2. The Morgan fingerprint density at radius 3 is 2.57 bits per heavy atom. The van der Waals surface area contributed by atoms with Crippen molar-refractivity contribution in [3.63, 3.8) is 0 Å². The second kappa shape index (κ2) is 9.46. The van der Waals surface area contributed by atoms with E-state index in [4.69, 9.17) is 0 Å². The number of aromatic nitrogens is 1. The highest BCUT2D eigenvalue weighted by molar-refractivity contribution is 5.94. The molecule has 1 heterocycles. The van der Waals surface area contributed by atoms with E-state index in [1.807, 2.05) is 49.4 Å². The van der Waals surface area contributed by atoms with Crippen molar-refractivity contribution in [2.45, 2.75) is 26.3 Å². The lowest BCUT2D eigenvalue weighted by atomic mass is 10.1. The van der Waals surface area contributed by atoms with Crippen molar-refractivity contribution in [2.24, 2.45) is 0 Å². The SMILES string of the molecule is Cc1cccc(CCC(=O)Nc2cccc(CNC(=O)c3cccnc3)c2)c1. The minimum Gasteiger partial charge on any atom is -0.348 e. The van der Waals surface area contributed by atoms with Crippen LogP contribution in [-0.4, -0.2) is 16.8 Å². The maximum absolute atomic E-state index is 12.2. The van der Waals surface area contributed by atoms with Crippen LogP contribution in [0.5, 0.6) is 0 Å². The first kappa shape index (κ1) is 19.3. The standard InChI is InChI=1S/C23H23N3O2/c1-17-5-2-6-18(13-17)10-11-22(27)26-21-9-3-7-19(14-21)15-25-23(28)20-8-4-12-24-16-20/h2-9,12-14,16H,10-11,15H2,1H3,(H,25,28)(H,26,27). The van der Waals surface area contributed by atoms with Gasteiger partial charge in [-0.15, -0.1) is 0 Å². The Bertz CT molecular complexity index is 955. The molecule has 5 heteroatoms.